The number of hydrogen-bond acceptors (Lipinski definition) is 4. The zero-order valence-electron chi connectivity index (χ0n) is 6.43. The number of aromatic nitrogens is 2. The number of carbonyl (C=O) groups excluding carboxylic acids is 1. The van der Waals surface area contributed by atoms with Crippen LogP contribution in [0.5, 0.6) is 0 Å². The van der Waals surface area contributed by atoms with Crippen LogP contribution in [-0.4, -0.2) is 20.3 Å². The van der Waals surface area contributed by atoms with Crippen LogP contribution in [0.25, 0.3) is 0 Å². The molecule has 0 spiro atoms. The Balaban J connectivity index is 2.91. The fourth-order valence-corrected chi connectivity index (χ4v) is 0.837. The Labute approximate surface area is 68.0 Å². The first-order valence-electron chi connectivity index (χ1n) is 3.26. The Hall–Kier alpha value is -1.72. The summed E-state index contributed by atoms with van der Waals surface area (Å²) in [7, 11) is 0. The van der Waals surface area contributed by atoms with Gasteiger partial charge in [0.05, 0.1) is 0 Å². The summed E-state index contributed by atoms with van der Waals surface area (Å²) < 4.78 is 1.20. The molecule has 1 heterocycles. The standard InChI is InChI=1S/C6H7N3O3/c1-5(10)4-8-3-2-7-6(8)9(11)12/h2-3H,4H2,1H3. The Kier molecular flexibility index (Phi) is 2.18. The van der Waals surface area contributed by atoms with Crippen molar-refractivity contribution in [3.63, 3.8) is 0 Å². The van der Waals surface area contributed by atoms with Crippen molar-refractivity contribution in [1.29, 1.82) is 0 Å². The van der Waals surface area contributed by atoms with Gasteiger partial charge in [-0.05, 0) is 11.8 Å². The molecule has 0 bridgehead atoms. The molecule has 6 heteroatoms. The van der Waals surface area contributed by atoms with Crippen molar-refractivity contribution in [2.75, 3.05) is 0 Å². The first-order chi connectivity index (χ1) is 5.61. The quantitative estimate of drug-likeness (QED) is 0.484. The molecule has 0 N–H and O–H groups in total. The lowest BCUT2D eigenvalue weighted by Crippen LogP contribution is -2.08. The molecule has 0 aromatic carbocycles. The molecular weight excluding hydrogens is 162 g/mol. The fraction of sp³-hybridized carbons (Fsp3) is 0.333. The van der Waals surface area contributed by atoms with Crippen LogP contribution in [0.4, 0.5) is 5.95 Å². The maximum atomic E-state index is 10.6. The van der Waals surface area contributed by atoms with E-state index >= 15 is 0 Å². The minimum Gasteiger partial charge on any atom is -0.390 e. The van der Waals surface area contributed by atoms with Gasteiger partial charge in [-0.2, -0.15) is 0 Å². The Morgan fingerprint density at radius 1 is 1.83 bits per heavy atom. The Morgan fingerprint density at radius 3 is 3.00 bits per heavy atom. The van der Waals surface area contributed by atoms with E-state index in [1.807, 2.05) is 0 Å². The van der Waals surface area contributed by atoms with Crippen molar-refractivity contribution in [1.82, 2.24) is 9.55 Å². The molecule has 1 rings (SSSR count). The van der Waals surface area contributed by atoms with E-state index in [-0.39, 0.29) is 18.3 Å². The average molecular weight is 169 g/mol. The van der Waals surface area contributed by atoms with Gasteiger partial charge in [-0.3, -0.25) is 4.79 Å². The molecule has 0 aliphatic rings. The molecule has 0 atom stereocenters. The third-order valence-electron chi connectivity index (χ3n) is 1.25. The summed E-state index contributed by atoms with van der Waals surface area (Å²) in [6.45, 7) is 1.36. The molecule has 0 saturated carbocycles. The Bertz CT molecular complexity index is 318. The summed E-state index contributed by atoms with van der Waals surface area (Å²) in [6, 6.07) is 0. The molecule has 0 amide bonds. The molecule has 12 heavy (non-hydrogen) atoms. The molecule has 1 aromatic heterocycles. The number of hydrogen-bond donors (Lipinski definition) is 0. The molecule has 64 valence electrons. The minimum atomic E-state index is -0.622. The first kappa shape index (κ1) is 8.38. The summed E-state index contributed by atoms with van der Waals surface area (Å²) in [6.07, 6.45) is 2.70. The summed E-state index contributed by atoms with van der Waals surface area (Å²) in [4.78, 5) is 23.7. The van der Waals surface area contributed by atoms with Crippen molar-refractivity contribution >= 4 is 11.7 Å². The molecule has 0 radical (unpaired) electrons. The first-order valence-corrected chi connectivity index (χ1v) is 3.26. The third kappa shape index (κ3) is 1.66. The minimum absolute atomic E-state index is 0.00366. The molecule has 0 fully saturated rings. The van der Waals surface area contributed by atoms with Crippen molar-refractivity contribution in [3.05, 3.63) is 22.5 Å². The lowest BCUT2D eigenvalue weighted by atomic mass is 10.4. The van der Waals surface area contributed by atoms with Crippen LogP contribution in [0.15, 0.2) is 12.4 Å². The second-order valence-electron chi connectivity index (χ2n) is 2.31. The van der Waals surface area contributed by atoms with Gasteiger partial charge in [0, 0.05) is 0 Å². The van der Waals surface area contributed by atoms with E-state index in [2.05, 4.69) is 4.98 Å². The van der Waals surface area contributed by atoms with E-state index in [0.29, 0.717) is 0 Å². The highest BCUT2D eigenvalue weighted by atomic mass is 16.6. The summed E-state index contributed by atoms with van der Waals surface area (Å²) >= 11 is 0. The Morgan fingerprint density at radius 2 is 2.50 bits per heavy atom. The van der Waals surface area contributed by atoms with Gasteiger partial charge in [-0.25, -0.2) is 4.57 Å². The fourth-order valence-electron chi connectivity index (χ4n) is 0.837. The van der Waals surface area contributed by atoms with E-state index in [9.17, 15) is 14.9 Å². The molecule has 0 unspecified atom stereocenters. The van der Waals surface area contributed by atoms with Gasteiger partial charge in [0.2, 0.25) is 0 Å². The number of nitrogens with zero attached hydrogens (tertiary/aromatic N) is 3. The molecule has 6 nitrogen and oxygen atoms in total. The molecule has 0 aliphatic carbocycles. The zero-order valence-corrected chi connectivity index (χ0v) is 6.43. The van der Waals surface area contributed by atoms with Crippen LogP contribution in [0.1, 0.15) is 6.92 Å². The predicted octanol–water partition coefficient (Wildman–Crippen LogP) is 0.380. The normalized spacial score (nSPS) is 9.75. The van der Waals surface area contributed by atoms with Gasteiger partial charge >= 0.3 is 5.95 Å². The van der Waals surface area contributed by atoms with Gasteiger partial charge in [-0.1, -0.05) is 4.98 Å². The van der Waals surface area contributed by atoms with Crippen LogP contribution < -0.4 is 0 Å². The van der Waals surface area contributed by atoms with Gasteiger partial charge in [0.15, 0.2) is 5.78 Å². The van der Waals surface area contributed by atoms with Gasteiger partial charge in [0.25, 0.3) is 0 Å². The molecule has 1 aromatic rings. The van der Waals surface area contributed by atoms with Crippen LogP contribution in [-0.2, 0) is 11.3 Å². The smallest absolute Gasteiger partial charge is 0.390 e. The van der Waals surface area contributed by atoms with Crippen LogP contribution in [0, 0.1) is 10.1 Å². The van der Waals surface area contributed by atoms with Crippen molar-refractivity contribution in [2.45, 2.75) is 13.5 Å². The van der Waals surface area contributed by atoms with E-state index in [0.717, 1.165) is 0 Å². The summed E-state index contributed by atoms with van der Waals surface area (Å²) in [5.41, 5.74) is 0. The van der Waals surface area contributed by atoms with Crippen LogP contribution >= 0.6 is 0 Å². The lowest BCUT2D eigenvalue weighted by molar-refractivity contribution is -0.396. The number of rotatable bonds is 3. The van der Waals surface area contributed by atoms with E-state index in [1.54, 1.807) is 0 Å². The molecular formula is C6H7N3O3. The third-order valence-corrected chi connectivity index (χ3v) is 1.25. The SMILES string of the molecule is CC(=O)Cn1ccnc1[N+](=O)[O-]. The second-order valence-corrected chi connectivity index (χ2v) is 2.31. The van der Waals surface area contributed by atoms with Crippen molar-refractivity contribution in [3.8, 4) is 0 Å². The molecule has 0 saturated heterocycles. The maximum absolute atomic E-state index is 10.6. The van der Waals surface area contributed by atoms with Gasteiger partial charge < -0.3 is 10.1 Å². The van der Waals surface area contributed by atoms with Crippen molar-refractivity contribution in [2.24, 2.45) is 0 Å². The lowest BCUT2D eigenvalue weighted by Gasteiger charge is -1.96. The van der Waals surface area contributed by atoms with Crippen LogP contribution in [0.3, 0.4) is 0 Å². The number of ketones is 1. The number of Topliss-reactive ketones (excluding diaryl/α,β-unsaturated/α-hetero) is 1. The highest BCUT2D eigenvalue weighted by molar-refractivity contribution is 5.75. The van der Waals surface area contributed by atoms with E-state index in [1.165, 1.54) is 23.9 Å². The average Bonchev–Trinajstić information content (AvgIpc) is 2.33. The largest absolute Gasteiger partial charge is 0.434 e. The zero-order chi connectivity index (χ0) is 9.14. The highest BCUT2D eigenvalue weighted by Gasteiger charge is 2.14. The monoisotopic (exact) mass is 169 g/mol. The van der Waals surface area contributed by atoms with E-state index < -0.39 is 4.92 Å². The summed E-state index contributed by atoms with van der Waals surface area (Å²) in [5.74, 6) is -0.443. The number of nitro groups is 1. The van der Waals surface area contributed by atoms with Gasteiger partial charge in [-0.15, -0.1) is 0 Å². The molecule has 0 aliphatic heterocycles. The number of imidazole rings is 1. The van der Waals surface area contributed by atoms with Crippen LogP contribution in [0.2, 0.25) is 0 Å². The highest BCUT2D eigenvalue weighted by Crippen LogP contribution is 2.06. The topological polar surface area (TPSA) is 78.0 Å². The van der Waals surface area contributed by atoms with E-state index in [4.69, 9.17) is 0 Å². The van der Waals surface area contributed by atoms with Crippen molar-refractivity contribution < 1.29 is 9.72 Å². The predicted molar refractivity (Wildman–Crippen MR) is 39.6 cm³/mol. The van der Waals surface area contributed by atoms with Gasteiger partial charge in [0.1, 0.15) is 18.9 Å². The second kappa shape index (κ2) is 3.12. The maximum Gasteiger partial charge on any atom is 0.434 e. The number of carbonyl (C=O) groups is 1. The summed E-state index contributed by atoms with van der Waals surface area (Å²) in [5, 5.41) is 10.3.